The molecule has 3 heteroatoms. The SMILES string of the molecule is CC(O)C(C)SCc1ccc(F)cc1. The van der Waals surface area contributed by atoms with E-state index in [1.54, 1.807) is 30.8 Å². The highest BCUT2D eigenvalue weighted by atomic mass is 32.2. The second-order valence-corrected chi connectivity index (χ2v) is 4.75. The highest BCUT2D eigenvalue weighted by Gasteiger charge is 2.08. The van der Waals surface area contributed by atoms with Crippen LogP contribution in [0, 0.1) is 5.82 Å². The monoisotopic (exact) mass is 214 g/mol. The van der Waals surface area contributed by atoms with Crippen LogP contribution in [0.3, 0.4) is 0 Å². The number of hydrogen-bond acceptors (Lipinski definition) is 2. The van der Waals surface area contributed by atoms with Gasteiger partial charge in [0, 0.05) is 11.0 Å². The molecule has 1 N–H and O–H groups in total. The van der Waals surface area contributed by atoms with Gasteiger partial charge in [-0.2, -0.15) is 11.8 Å². The van der Waals surface area contributed by atoms with Gasteiger partial charge in [0.25, 0.3) is 0 Å². The molecule has 0 aliphatic carbocycles. The zero-order valence-electron chi connectivity index (χ0n) is 8.40. The van der Waals surface area contributed by atoms with Crippen LogP contribution in [0.15, 0.2) is 24.3 Å². The minimum Gasteiger partial charge on any atom is -0.392 e. The summed E-state index contributed by atoms with van der Waals surface area (Å²) in [5, 5.41) is 9.47. The minimum atomic E-state index is -0.305. The first kappa shape index (κ1) is 11.5. The topological polar surface area (TPSA) is 20.2 Å². The highest BCUT2D eigenvalue weighted by Crippen LogP contribution is 2.20. The number of hydrogen-bond donors (Lipinski definition) is 1. The Labute approximate surface area is 88.3 Å². The highest BCUT2D eigenvalue weighted by molar-refractivity contribution is 7.99. The number of aliphatic hydroxyl groups excluding tert-OH is 1. The van der Waals surface area contributed by atoms with E-state index in [1.165, 1.54) is 12.1 Å². The molecule has 0 amide bonds. The molecule has 0 radical (unpaired) electrons. The van der Waals surface area contributed by atoms with Crippen LogP contribution in [-0.4, -0.2) is 16.5 Å². The Morgan fingerprint density at radius 2 is 1.86 bits per heavy atom. The standard InChI is InChI=1S/C11H15FOS/c1-8(13)9(2)14-7-10-3-5-11(12)6-4-10/h3-6,8-9,13H,7H2,1-2H3. The van der Waals surface area contributed by atoms with Crippen molar-refractivity contribution in [1.82, 2.24) is 0 Å². The third-order valence-corrected chi connectivity index (χ3v) is 3.53. The summed E-state index contributed by atoms with van der Waals surface area (Å²) < 4.78 is 12.6. The van der Waals surface area contributed by atoms with E-state index in [4.69, 9.17) is 0 Å². The summed E-state index contributed by atoms with van der Waals surface area (Å²) in [6.07, 6.45) is -0.305. The molecule has 0 saturated heterocycles. The maximum absolute atomic E-state index is 12.6. The molecule has 78 valence electrons. The summed E-state index contributed by atoms with van der Waals surface area (Å²) in [5.41, 5.74) is 1.09. The Morgan fingerprint density at radius 3 is 2.36 bits per heavy atom. The molecule has 0 heterocycles. The molecule has 0 saturated carbocycles. The normalized spacial score (nSPS) is 15.1. The first-order valence-electron chi connectivity index (χ1n) is 4.63. The van der Waals surface area contributed by atoms with Crippen molar-refractivity contribution in [3.8, 4) is 0 Å². The van der Waals surface area contributed by atoms with Gasteiger partial charge in [-0.3, -0.25) is 0 Å². The van der Waals surface area contributed by atoms with E-state index in [-0.39, 0.29) is 17.2 Å². The van der Waals surface area contributed by atoms with Crippen LogP contribution in [-0.2, 0) is 5.75 Å². The van der Waals surface area contributed by atoms with Crippen molar-refractivity contribution in [3.05, 3.63) is 35.6 Å². The molecule has 0 aliphatic rings. The smallest absolute Gasteiger partial charge is 0.123 e. The van der Waals surface area contributed by atoms with Crippen molar-refractivity contribution in [2.75, 3.05) is 0 Å². The summed E-state index contributed by atoms with van der Waals surface area (Å²) in [4.78, 5) is 0. The summed E-state index contributed by atoms with van der Waals surface area (Å²) in [7, 11) is 0. The fourth-order valence-corrected chi connectivity index (χ4v) is 1.87. The summed E-state index contributed by atoms with van der Waals surface area (Å²) in [6.45, 7) is 3.77. The van der Waals surface area contributed by atoms with Crippen LogP contribution in [0.2, 0.25) is 0 Å². The average molecular weight is 214 g/mol. The zero-order valence-corrected chi connectivity index (χ0v) is 9.22. The maximum Gasteiger partial charge on any atom is 0.123 e. The summed E-state index contributed by atoms with van der Waals surface area (Å²) in [5.74, 6) is 0.606. The first-order chi connectivity index (χ1) is 6.59. The lowest BCUT2D eigenvalue weighted by molar-refractivity contribution is 0.196. The van der Waals surface area contributed by atoms with Gasteiger partial charge in [0.2, 0.25) is 0 Å². The summed E-state index contributed by atoms with van der Waals surface area (Å²) in [6, 6.07) is 6.47. The van der Waals surface area contributed by atoms with E-state index >= 15 is 0 Å². The van der Waals surface area contributed by atoms with Gasteiger partial charge in [0.05, 0.1) is 6.10 Å². The second kappa shape index (κ2) is 5.37. The summed E-state index contributed by atoms with van der Waals surface area (Å²) >= 11 is 1.67. The third kappa shape index (κ3) is 3.68. The van der Waals surface area contributed by atoms with Crippen molar-refractivity contribution in [3.63, 3.8) is 0 Å². The molecule has 2 unspecified atom stereocenters. The lowest BCUT2D eigenvalue weighted by Crippen LogP contribution is -2.15. The molecule has 0 aliphatic heterocycles. The van der Waals surface area contributed by atoms with Crippen molar-refractivity contribution in [1.29, 1.82) is 0 Å². The van der Waals surface area contributed by atoms with E-state index in [2.05, 4.69) is 0 Å². The molecule has 0 aromatic heterocycles. The quantitative estimate of drug-likeness (QED) is 0.831. The van der Waals surface area contributed by atoms with Gasteiger partial charge in [0.1, 0.15) is 5.82 Å². The van der Waals surface area contributed by atoms with Crippen LogP contribution in [0.25, 0.3) is 0 Å². The second-order valence-electron chi connectivity index (χ2n) is 3.38. The lowest BCUT2D eigenvalue weighted by Gasteiger charge is -2.13. The van der Waals surface area contributed by atoms with Crippen molar-refractivity contribution in [2.24, 2.45) is 0 Å². The van der Waals surface area contributed by atoms with Gasteiger partial charge >= 0.3 is 0 Å². The van der Waals surface area contributed by atoms with Crippen LogP contribution >= 0.6 is 11.8 Å². The van der Waals surface area contributed by atoms with Gasteiger partial charge in [-0.05, 0) is 24.6 Å². The number of aliphatic hydroxyl groups is 1. The van der Waals surface area contributed by atoms with Crippen LogP contribution in [0.4, 0.5) is 4.39 Å². The molecule has 0 spiro atoms. The fraction of sp³-hybridized carbons (Fsp3) is 0.455. The third-order valence-electron chi connectivity index (χ3n) is 2.11. The zero-order chi connectivity index (χ0) is 10.6. The fourth-order valence-electron chi connectivity index (χ4n) is 0.948. The molecule has 1 rings (SSSR count). The van der Waals surface area contributed by atoms with Gasteiger partial charge in [-0.25, -0.2) is 4.39 Å². The number of benzene rings is 1. The van der Waals surface area contributed by atoms with E-state index < -0.39 is 0 Å². The van der Waals surface area contributed by atoms with Gasteiger partial charge in [-0.15, -0.1) is 0 Å². The molecule has 2 atom stereocenters. The van der Waals surface area contributed by atoms with E-state index in [0.29, 0.717) is 0 Å². The van der Waals surface area contributed by atoms with Crippen LogP contribution < -0.4 is 0 Å². The first-order valence-corrected chi connectivity index (χ1v) is 5.68. The van der Waals surface area contributed by atoms with Gasteiger partial charge in [-0.1, -0.05) is 19.1 Å². The molecule has 1 aromatic rings. The average Bonchev–Trinajstić information content (AvgIpc) is 2.16. The van der Waals surface area contributed by atoms with Crippen molar-refractivity contribution >= 4 is 11.8 Å². The largest absolute Gasteiger partial charge is 0.392 e. The predicted molar refractivity (Wildman–Crippen MR) is 58.8 cm³/mol. The number of rotatable bonds is 4. The van der Waals surface area contributed by atoms with Gasteiger partial charge < -0.3 is 5.11 Å². The van der Waals surface area contributed by atoms with E-state index in [1.807, 2.05) is 6.92 Å². The molecule has 1 aromatic carbocycles. The van der Waals surface area contributed by atoms with Crippen molar-refractivity contribution < 1.29 is 9.50 Å². The Kier molecular flexibility index (Phi) is 4.42. The Balaban J connectivity index is 2.42. The molecule has 14 heavy (non-hydrogen) atoms. The number of thioether (sulfide) groups is 1. The Bertz CT molecular complexity index is 271. The maximum atomic E-state index is 12.6. The van der Waals surface area contributed by atoms with Gasteiger partial charge in [0.15, 0.2) is 0 Å². The van der Waals surface area contributed by atoms with Crippen LogP contribution in [0.1, 0.15) is 19.4 Å². The minimum absolute atomic E-state index is 0.206. The molecular formula is C11H15FOS. The van der Waals surface area contributed by atoms with Crippen LogP contribution in [0.5, 0.6) is 0 Å². The lowest BCUT2D eigenvalue weighted by atomic mass is 10.2. The molecule has 0 bridgehead atoms. The predicted octanol–water partition coefficient (Wildman–Crippen LogP) is 2.83. The Hall–Kier alpha value is -0.540. The van der Waals surface area contributed by atoms with E-state index in [0.717, 1.165) is 11.3 Å². The molecular weight excluding hydrogens is 199 g/mol. The molecule has 0 fully saturated rings. The molecule has 1 nitrogen and oxygen atoms in total. The Morgan fingerprint density at radius 1 is 1.29 bits per heavy atom. The number of halogens is 1. The van der Waals surface area contributed by atoms with E-state index in [9.17, 15) is 9.50 Å². The van der Waals surface area contributed by atoms with Crippen molar-refractivity contribution in [2.45, 2.75) is 31.0 Å².